The molecule has 0 aliphatic heterocycles. The third-order valence-electron chi connectivity index (χ3n) is 2.00. The molecule has 0 saturated heterocycles. The van der Waals surface area contributed by atoms with E-state index in [-0.39, 0.29) is 13.2 Å². The number of ether oxygens (including phenoxy) is 2. The summed E-state index contributed by atoms with van der Waals surface area (Å²) in [5, 5.41) is 8.53. The Morgan fingerprint density at radius 1 is 1.41 bits per heavy atom. The van der Waals surface area contributed by atoms with Gasteiger partial charge in [-0.05, 0) is 19.1 Å². The lowest BCUT2D eigenvalue weighted by Gasteiger charge is -2.13. The highest BCUT2D eigenvalue weighted by atomic mass is 16.7. The van der Waals surface area contributed by atoms with Gasteiger partial charge in [-0.3, -0.25) is 4.79 Å². The summed E-state index contributed by atoms with van der Waals surface area (Å²) < 4.78 is 9.93. The minimum atomic E-state index is -0.722. The second kappa shape index (κ2) is 6.78. The molecule has 1 aromatic carbocycles. The molecule has 1 aromatic rings. The molecule has 0 bridgehead atoms. The number of hydrogen-bond acceptors (Lipinski definition) is 5. The Balaban J connectivity index is 2.54. The topological polar surface area (TPSA) is 72.8 Å². The number of rotatable bonds is 6. The molecular formula is C12H14O5. The molecule has 1 rings (SSSR count). The van der Waals surface area contributed by atoms with E-state index in [0.717, 1.165) is 0 Å². The Morgan fingerprint density at radius 2 is 2.06 bits per heavy atom. The summed E-state index contributed by atoms with van der Waals surface area (Å²) in [6, 6.07) is 6.07. The maximum Gasteiger partial charge on any atom is 0.340 e. The summed E-state index contributed by atoms with van der Waals surface area (Å²) in [5.41, 5.74) is 0.834. The molecule has 0 radical (unpaired) electrons. The molecule has 1 N–H and O–H groups in total. The van der Waals surface area contributed by atoms with Crippen LogP contribution in [-0.4, -0.2) is 36.9 Å². The third-order valence-corrected chi connectivity index (χ3v) is 2.00. The lowest BCUT2D eigenvalue weighted by atomic mass is 10.1. The smallest absolute Gasteiger partial charge is 0.340 e. The third kappa shape index (κ3) is 4.34. The van der Waals surface area contributed by atoms with Crippen molar-refractivity contribution in [3.05, 3.63) is 35.4 Å². The zero-order chi connectivity index (χ0) is 12.7. The Labute approximate surface area is 99.0 Å². The first-order valence-corrected chi connectivity index (χ1v) is 5.16. The highest BCUT2D eigenvalue weighted by molar-refractivity contribution is 5.90. The molecule has 1 atom stereocenters. The normalized spacial score (nSPS) is 11.9. The molecule has 0 aliphatic carbocycles. The van der Waals surface area contributed by atoms with Crippen LogP contribution in [0.4, 0.5) is 0 Å². The van der Waals surface area contributed by atoms with Crippen molar-refractivity contribution in [1.82, 2.24) is 0 Å². The van der Waals surface area contributed by atoms with Gasteiger partial charge in [0.2, 0.25) is 6.29 Å². The van der Waals surface area contributed by atoms with Crippen LogP contribution in [0.2, 0.25) is 0 Å². The van der Waals surface area contributed by atoms with Gasteiger partial charge in [0.1, 0.15) is 6.29 Å². The summed E-state index contributed by atoms with van der Waals surface area (Å²) in [5.74, 6) is -0.534. The van der Waals surface area contributed by atoms with Gasteiger partial charge in [-0.2, -0.15) is 0 Å². The van der Waals surface area contributed by atoms with Gasteiger partial charge in [-0.15, -0.1) is 0 Å². The maximum atomic E-state index is 11.6. The SMILES string of the molecule is CC(OCCO)OC(=O)c1ccc(C=O)cc1. The number of carbonyl (C=O) groups is 2. The van der Waals surface area contributed by atoms with Gasteiger partial charge in [0, 0.05) is 5.56 Å². The predicted octanol–water partition coefficient (Wildman–Crippen LogP) is 1.01. The standard InChI is InChI=1S/C12H14O5/c1-9(16-7-6-13)17-12(15)11-4-2-10(8-14)3-5-11/h2-5,8-9,13H,6-7H2,1H3. The van der Waals surface area contributed by atoms with E-state index in [1.54, 1.807) is 6.92 Å². The van der Waals surface area contributed by atoms with E-state index in [1.165, 1.54) is 24.3 Å². The minimum Gasteiger partial charge on any atom is -0.432 e. The van der Waals surface area contributed by atoms with Crippen LogP contribution in [0.25, 0.3) is 0 Å². The fourth-order valence-corrected chi connectivity index (χ4v) is 1.17. The van der Waals surface area contributed by atoms with Crippen molar-refractivity contribution in [2.45, 2.75) is 13.2 Å². The largest absolute Gasteiger partial charge is 0.432 e. The molecule has 0 heterocycles. The number of benzene rings is 1. The number of aliphatic hydroxyl groups is 1. The number of aliphatic hydroxyl groups excluding tert-OH is 1. The average Bonchev–Trinajstić information content (AvgIpc) is 2.36. The van der Waals surface area contributed by atoms with Gasteiger partial charge in [0.15, 0.2) is 0 Å². The van der Waals surface area contributed by atoms with Crippen LogP contribution in [0.1, 0.15) is 27.6 Å². The summed E-state index contributed by atoms with van der Waals surface area (Å²) in [6.45, 7) is 1.54. The van der Waals surface area contributed by atoms with Crippen LogP contribution in [0.15, 0.2) is 24.3 Å². The van der Waals surface area contributed by atoms with E-state index >= 15 is 0 Å². The van der Waals surface area contributed by atoms with Crippen molar-refractivity contribution in [1.29, 1.82) is 0 Å². The van der Waals surface area contributed by atoms with E-state index in [2.05, 4.69) is 0 Å². The van der Waals surface area contributed by atoms with E-state index in [4.69, 9.17) is 14.6 Å². The highest BCUT2D eigenvalue weighted by Gasteiger charge is 2.11. The summed E-state index contributed by atoms with van der Waals surface area (Å²) in [7, 11) is 0. The molecule has 0 spiro atoms. The van der Waals surface area contributed by atoms with Gasteiger partial charge in [-0.1, -0.05) is 12.1 Å². The monoisotopic (exact) mass is 238 g/mol. The molecule has 17 heavy (non-hydrogen) atoms. The van der Waals surface area contributed by atoms with E-state index in [1.807, 2.05) is 0 Å². The van der Waals surface area contributed by atoms with Crippen molar-refractivity contribution in [3.8, 4) is 0 Å². The second-order valence-electron chi connectivity index (χ2n) is 3.31. The lowest BCUT2D eigenvalue weighted by molar-refractivity contribution is -0.104. The molecule has 0 aliphatic rings. The molecule has 0 fully saturated rings. The van der Waals surface area contributed by atoms with Gasteiger partial charge in [0.05, 0.1) is 18.8 Å². The van der Waals surface area contributed by atoms with Crippen molar-refractivity contribution >= 4 is 12.3 Å². The van der Waals surface area contributed by atoms with Gasteiger partial charge in [-0.25, -0.2) is 4.79 Å². The van der Waals surface area contributed by atoms with Crippen molar-refractivity contribution in [2.24, 2.45) is 0 Å². The zero-order valence-electron chi connectivity index (χ0n) is 9.46. The molecule has 5 heteroatoms. The number of hydrogen-bond donors (Lipinski definition) is 1. The van der Waals surface area contributed by atoms with Crippen LogP contribution >= 0.6 is 0 Å². The van der Waals surface area contributed by atoms with E-state index in [9.17, 15) is 9.59 Å². The predicted molar refractivity (Wildman–Crippen MR) is 59.7 cm³/mol. The Hall–Kier alpha value is -1.72. The Bertz CT molecular complexity index is 371. The van der Waals surface area contributed by atoms with Gasteiger partial charge < -0.3 is 14.6 Å². The van der Waals surface area contributed by atoms with Crippen LogP contribution in [-0.2, 0) is 9.47 Å². The van der Waals surface area contributed by atoms with Crippen LogP contribution in [0.5, 0.6) is 0 Å². The van der Waals surface area contributed by atoms with Crippen molar-refractivity contribution in [2.75, 3.05) is 13.2 Å². The average molecular weight is 238 g/mol. The fraction of sp³-hybridized carbons (Fsp3) is 0.333. The van der Waals surface area contributed by atoms with Crippen LogP contribution < -0.4 is 0 Å². The molecule has 92 valence electrons. The summed E-state index contributed by atoms with van der Waals surface area (Å²) >= 11 is 0. The molecule has 5 nitrogen and oxygen atoms in total. The quantitative estimate of drug-likeness (QED) is 0.455. The van der Waals surface area contributed by atoms with Crippen LogP contribution in [0.3, 0.4) is 0 Å². The van der Waals surface area contributed by atoms with Crippen LogP contribution in [0, 0.1) is 0 Å². The number of aldehydes is 1. The molecule has 0 amide bonds. The minimum absolute atomic E-state index is 0.110. The fourth-order valence-electron chi connectivity index (χ4n) is 1.17. The summed E-state index contributed by atoms with van der Waals surface area (Å²) in [6.07, 6.45) is -0.0253. The number of esters is 1. The van der Waals surface area contributed by atoms with E-state index in [0.29, 0.717) is 17.4 Å². The lowest BCUT2D eigenvalue weighted by Crippen LogP contribution is -2.19. The van der Waals surface area contributed by atoms with E-state index < -0.39 is 12.3 Å². The molecular weight excluding hydrogens is 224 g/mol. The van der Waals surface area contributed by atoms with Gasteiger partial charge >= 0.3 is 5.97 Å². The zero-order valence-corrected chi connectivity index (χ0v) is 9.46. The first kappa shape index (κ1) is 13.3. The first-order valence-electron chi connectivity index (χ1n) is 5.16. The molecule has 0 aromatic heterocycles. The highest BCUT2D eigenvalue weighted by Crippen LogP contribution is 2.06. The Morgan fingerprint density at radius 3 is 2.59 bits per heavy atom. The molecule has 1 unspecified atom stereocenters. The summed E-state index contributed by atoms with van der Waals surface area (Å²) in [4.78, 5) is 22.0. The molecule has 0 saturated carbocycles. The Kier molecular flexibility index (Phi) is 5.32. The van der Waals surface area contributed by atoms with Crippen molar-refractivity contribution in [3.63, 3.8) is 0 Å². The second-order valence-corrected chi connectivity index (χ2v) is 3.31. The number of carbonyl (C=O) groups excluding carboxylic acids is 2. The first-order chi connectivity index (χ1) is 8.17. The maximum absolute atomic E-state index is 11.6. The van der Waals surface area contributed by atoms with Gasteiger partial charge in [0.25, 0.3) is 0 Å². The van der Waals surface area contributed by atoms with Crippen molar-refractivity contribution < 1.29 is 24.2 Å².